The minimum atomic E-state index is 0.330. The van der Waals surface area contributed by atoms with E-state index in [1.807, 2.05) is 97.1 Å². The number of rotatable bonds is 9. The summed E-state index contributed by atoms with van der Waals surface area (Å²) in [6.45, 7) is 1.27. The fraction of sp³-hybridized carbons (Fsp3) is 0.0968. The number of ether oxygens (including phenoxy) is 2. The predicted octanol–water partition coefficient (Wildman–Crippen LogP) is 6.43. The largest absolute Gasteiger partial charge is 0.489 e. The average Bonchev–Trinajstić information content (AvgIpc) is 2.96. The molecule has 0 unspecified atom stereocenters. The number of nitrogens with zero attached hydrogens (tertiary/aromatic N) is 2. The van der Waals surface area contributed by atoms with Gasteiger partial charge in [-0.05, 0) is 53.6 Å². The first-order valence-corrected chi connectivity index (χ1v) is 11.9. The molecule has 4 aromatic carbocycles. The Kier molecular flexibility index (Phi) is 7.30. The van der Waals surface area contributed by atoms with Gasteiger partial charge in [-0.2, -0.15) is 0 Å². The van der Waals surface area contributed by atoms with E-state index >= 15 is 0 Å². The van der Waals surface area contributed by atoms with Crippen LogP contribution >= 0.6 is 0 Å². The average molecular weight is 474 g/mol. The first-order valence-electron chi connectivity index (χ1n) is 11.9. The monoisotopic (exact) mass is 473 g/mol. The second-order valence-corrected chi connectivity index (χ2v) is 8.38. The van der Waals surface area contributed by atoms with Crippen LogP contribution in [0.4, 0.5) is 0 Å². The highest BCUT2D eigenvalue weighted by molar-refractivity contribution is 5.65. The van der Waals surface area contributed by atoms with E-state index in [1.165, 1.54) is 0 Å². The molecule has 1 heterocycles. The van der Waals surface area contributed by atoms with Crippen molar-refractivity contribution < 1.29 is 9.47 Å². The number of hydrogen-bond acceptors (Lipinski definition) is 5. The van der Waals surface area contributed by atoms with Gasteiger partial charge in [-0.3, -0.25) is 0 Å². The summed E-state index contributed by atoms with van der Waals surface area (Å²) in [5.41, 5.74) is 11.6. The van der Waals surface area contributed by atoms with Crippen molar-refractivity contribution >= 4 is 0 Å². The van der Waals surface area contributed by atoms with Crippen LogP contribution in [0.15, 0.2) is 115 Å². The topological polar surface area (TPSA) is 70.3 Å². The standard InChI is InChI=1S/C31H27N3O2/c32-20-27-19-30(25-11-7-9-23(17-25)21-35-28-13-3-1-4-14-28)34-31(33-27)26-12-8-10-24(18-26)22-36-29-15-5-2-6-16-29/h1-19H,20-22,32H2. The molecule has 0 radical (unpaired) electrons. The molecule has 2 N–H and O–H groups in total. The van der Waals surface area contributed by atoms with Gasteiger partial charge in [0.2, 0.25) is 0 Å². The van der Waals surface area contributed by atoms with Gasteiger partial charge in [0.15, 0.2) is 5.82 Å². The van der Waals surface area contributed by atoms with Crippen molar-refractivity contribution in [1.82, 2.24) is 9.97 Å². The Morgan fingerprint density at radius 3 is 1.69 bits per heavy atom. The molecule has 5 nitrogen and oxygen atoms in total. The lowest BCUT2D eigenvalue weighted by atomic mass is 10.1. The quantitative estimate of drug-likeness (QED) is 0.267. The van der Waals surface area contributed by atoms with Crippen LogP contribution in [0.3, 0.4) is 0 Å². The summed E-state index contributed by atoms with van der Waals surface area (Å²) in [7, 11) is 0. The summed E-state index contributed by atoms with van der Waals surface area (Å²) in [6.07, 6.45) is 0. The molecule has 1 aromatic heterocycles. The molecule has 178 valence electrons. The third-order valence-electron chi connectivity index (χ3n) is 5.69. The van der Waals surface area contributed by atoms with Crippen LogP contribution in [0.5, 0.6) is 11.5 Å². The Bertz CT molecular complexity index is 1320. The van der Waals surface area contributed by atoms with E-state index in [4.69, 9.17) is 25.2 Å². The fourth-order valence-electron chi connectivity index (χ4n) is 3.87. The molecule has 5 heteroatoms. The van der Waals surface area contributed by atoms with Crippen molar-refractivity contribution in [2.24, 2.45) is 5.73 Å². The van der Waals surface area contributed by atoms with Crippen LogP contribution in [0.2, 0.25) is 0 Å². The molecular formula is C31H27N3O2. The fourth-order valence-corrected chi connectivity index (χ4v) is 3.87. The Balaban J connectivity index is 1.38. The second-order valence-electron chi connectivity index (χ2n) is 8.38. The smallest absolute Gasteiger partial charge is 0.160 e. The molecule has 0 bridgehead atoms. The lowest BCUT2D eigenvalue weighted by molar-refractivity contribution is 0.306. The predicted molar refractivity (Wildman–Crippen MR) is 142 cm³/mol. The van der Waals surface area contributed by atoms with Crippen LogP contribution < -0.4 is 15.2 Å². The SMILES string of the molecule is NCc1cc(-c2cccc(COc3ccccc3)c2)nc(-c2cccc(COc3ccccc3)c2)n1. The van der Waals surface area contributed by atoms with Crippen LogP contribution in [0.25, 0.3) is 22.6 Å². The molecule has 5 aromatic rings. The maximum atomic E-state index is 6.00. The molecule has 0 atom stereocenters. The summed E-state index contributed by atoms with van der Waals surface area (Å²) in [6, 6.07) is 37.9. The summed E-state index contributed by atoms with van der Waals surface area (Å²) < 4.78 is 11.8. The highest BCUT2D eigenvalue weighted by Crippen LogP contribution is 2.25. The molecule has 0 aliphatic rings. The molecular weight excluding hydrogens is 446 g/mol. The van der Waals surface area contributed by atoms with E-state index in [9.17, 15) is 0 Å². The van der Waals surface area contributed by atoms with Crippen molar-refractivity contribution in [2.45, 2.75) is 19.8 Å². The van der Waals surface area contributed by atoms with Gasteiger partial charge in [-0.1, -0.05) is 72.8 Å². The Hall–Kier alpha value is -4.48. The van der Waals surface area contributed by atoms with E-state index in [2.05, 4.69) is 18.2 Å². The van der Waals surface area contributed by atoms with Gasteiger partial charge in [0, 0.05) is 17.7 Å². The summed E-state index contributed by atoms with van der Waals surface area (Å²) in [5, 5.41) is 0. The minimum absolute atomic E-state index is 0.330. The van der Waals surface area contributed by atoms with E-state index < -0.39 is 0 Å². The van der Waals surface area contributed by atoms with Gasteiger partial charge >= 0.3 is 0 Å². The summed E-state index contributed by atoms with van der Waals surface area (Å²) in [5.74, 6) is 2.32. The van der Waals surface area contributed by atoms with Crippen LogP contribution in [-0.2, 0) is 19.8 Å². The van der Waals surface area contributed by atoms with Crippen LogP contribution in [0.1, 0.15) is 16.8 Å². The van der Waals surface area contributed by atoms with Crippen LogP contribution in [-0.4, -0.2) is 9.97 Å². The number of aromatic nitrogens is 2. The van der Waals surface area contributed by atoms with Gasteiger partial charge in [0.05, 0.1) is 11.4 Å². The Labute approximate surface area is 211 Å². The highest BCUT2D eigenvalue weighted by atomic mass is 16.5. The lowest BCUT2D eigenvalue weighted by Crippen LogP contribution is -2.04. The van der Waals surface area contributed by atoms with Gasteiger partial charge in [0.25, 0.3) is 0 Å². The van der Waals surface area contributed by atoms with Crippen molar-refractivity contribution in [3.8, 4) is 34.1 Å². The Morgan fingerprint density at radius 1 is 0.556 bits per heavy atom. The zero-order valence-electron chi connectivity index (χ0n) is 19.9. The highest BCUT2D eigenvalue weighted by Gasteiger charge is 2.10. The van der Waals surface area contributed by atoms with Crippen LogP contribution in [0, 0.1) is 0 Å². The maximum Gasteiger partial charge on any atom is 0.160 e. The van der Waals surface area contributed by atoms with Gasteiger partial charge in [0.1, 0.15) is 24.7 Å². The molecule has 0 saturated carbocycles. The number of para-hydroxylation sites is 2. The van der Waals surface area contributed by atoms with Crippen molar-refractivity contribution in [2.75, 3.05) is 0 Å². The summed E-state index contributed by atoms with van der Waals surface area (Å²) in [4.78, 5) is 9.60. The molecule has 0 spiro atoms. The normalized spacial score (nSPS) is 10.7. The van der Waals surface area contributed by atoms with Crippen molar-refractivity contribution in [3.05, 3.63) is 132 Å². The molecule has 0 amide bonds. The first kappa shape index (κ1) is 23.3. The Morgan fingerprint density at radius 2 is 1.11 bits per heavy atom. The molecule has 0 aliphatic heterocycles. The maximum absolute atomic E-state index is 6.00. The number of benzene rings is 4. The molecule has 0 saturated heterocycles. The van der Waals surface area contributed by atoms with E-state index in [1.54, 1.807) is 0 Å². The minimum Gasteiger partial charge on any atom is -0.489 e. The van der Waals surface area contributed by atoms with E-state index in [-0.39, 0.29) is 0 Å². The molecule has 36 heavy (non-hydrogen) atoms. The molecule has 0 fully saturated rings. The number of hydrogen-bond donors (Lipinski definition) is 1. The zero-order chi connectivity index (χ0) is 24.6. The van der Waals surface area contributed by atoms with Crippen molar-refractivity contribution in [1.29, 1.82) is 0 Å². The third-order valence-corrected chi connectivity index (χ3v) is 5.69. The second kappa shape index (κ2) is 11.3. The van der Waals surface area contributed by atoms with E-state index in [0.29, 0.717) is 25.6 Å². The molecule has 5 rings (SSSR count). The lowest BCUT2D eigenvalue weighted by Gasteiger charge is -2.11. The van der Waals surface area contributed by atoms with Gasteiger partial charge in [-0.25, -0.2) is 9.97 Å². The first-order chi connectivity index (χ1) is 17.8. The number of nitrogens with two attached hydrogens (primary N) is 1. The zero-order valence-corrected chi connectivity index (χ0v) is 19.9. The van der Waals surface area contributed by atoms with E-state index in [0.717, 1.165) is 45.1 Å². The van der Waals surface area contributed by atoms with Gasteiger partial charge < -0.3 is 15.2 Å². The van der Waals surface area contributed by atoms with Crippen molar-refractivity contribution in [3.63, 3.8) is 0 Å². The third kappa shape index (κ3) is 5.95. The summed E-state index contributed by atoms with van der Waals surface area (Å²) >= 11 is 0. The molecule has 0 aliphatic carbocycles. The van der Waals surface area contributed by atoms with Gasteiger partial charge in [-0.15, -0.1) is 0 Å².